The van der Waals surface area contributed by atoms with Crippen molar-refractivity contribution in [3.05, 3.63) is 17.9 Å². The lowest BCUT2D eigenvalue weighted by atomic mass is 10.1. The molecule has 0 aliphatic heterocycles. The highest BCUT2D eigenvalue weighted by Crippen LogP contribution is 2.09. The van der Waals surface area contributed by atoms with Crippen LogP contribution in [-0.2, 0) is 0 Å². The molecule has 0 aromatic carbocycles. The predicted octanol–water partition coefficient (Wildman–Crippen LogP) is 0.536. The number of hydrogen-bond donors (Lipinski definition) is 2. The summed E-state index contributed by atoms with van der Waals surface area (Å²) in [5.41, 5.74) is 0. The molecule has 0 amide bonds. The summed E-state index contributed by atoms with van der Waals surface area (Å²) in [6.07, 6.45) is 3.57. The lowest BCUT2D eigenvalue weighted by molar-refractivity contribution is 0.265. The third-order valence-electron chi connectivity index (χ3n) is 2.45. The molecule has 2 heterocycles. The van der Waals surface area contributed by atoms with Crippen LogP contribution in [0.2, 0.25) is 5.28 Å². The van der Waals surface area contributed by atoms with Gasteiger partial charge in [0.1, 0.15) is 12.7 Å². The van der Waals surface area contributed by atoms with Gasteiger partial charge in [-0.15, -0.1) is 0 Å². The third kappa shape index (κ3) is 3.83. The van der Waals surface area contributed by atoms with Gasteiger partial charge in [0.2, 0.25) is 11.2 Å². The van der Waals surface area contributed by atoms with E-state index in [-0.39, 0.29) is 11.9 Å². The minimum Gasteiger partial charge on any atom is -0.396 e. The average molecular weight is 284 g/mol. The number of nitrogens with one attached hydrogen (secondary N) is 1. The predicted molar refractivity (Wildman–Crippen MR) is 69.1 cm³/mol. The fourth-order valence-corrected chi connectivity index (χ4v) is 1.58. The average Bonchev–Trinajstić information content (AvgIpc) is 2.90. The standard InChI is InChI=1S/C10H14ClN7O/c1-7(2-3-19)4-13-9-15-8(11)16-10(17-9)18-6-12-5-14-18/h5-7,19H,2-4H2,1H3,(H,13,15,16,17). The molecule has 2 rings (SSSR count). The third-order valence-corrected chi connectivity index (χ3v) is 2.62. The van der Waals surface area contributed by atoms with Gasteiger partial charge in [0.05, 0.1) is 0 Å². The second-order valence-corrected chi connectivity index (χ2v) is 4.40. The van der Waals surface area contributed by atoms with E-state index in [1.165, 1.54) is 17.3 Å². The fraction of sp³-hybridized carbons (Fsp3) is 0.500. The van der Waals surface area contributed by atoms with Crippen LogP contribution in [-0.4, -0.2) is 48.0 Å². The Kier molecular flexibility index (Phi) is 4.58. The largest absolute Gasteiger partial charge is 0.396 e. The van der Waals surface area contributed by atoms with Gasteiger partial charge >= 0.3 is 0 Å². The van der Waals surface area contributed by atoms with Crippen LogP contribution in [0.15, 0.2) is 12.7 Å². The Morgan fingerprint density at radius 3 is 2.95 bits per heavy atom. The molecule has 0 radical (unpaired) electrons. The number of aliphatic hydroxyl groups excluding tert-OH is 1. The second kappa shape index (κ2) is 6.39. The van der Waals surface area contributed by atoms with Gasteiger partial charge in [0.15, 0.2) is 0 Å². The molecule has 9 heteroatoms. The molecule has 0 aliphatic carbocycles. The van der Waals surface area contributed by atoms with Gasteiger partial charge in [-0.3, -0.25) is 0 Å². The topological polar surface area (TPSA) is 102 Å². The zero-order chi connectivity index (χ0) is 13.7. The summed E-state index contributed by atoms with van der Waals surface area (Å²) in [7, 11) is 0. The zero-order valence-corrected chi connectivity index (χ0v) is 11.1. The first kappa shape index (κ1) is 13.6. The summed E-state index contributed by atoms with van der Waals surface area (Å²) in [5.74, 6) is 0.973. The normalized spacial score (nSPS) is 12.4. The van der Waals surface area contributed by atoms with Crippen LogP contribution in [0.5, 0.6) is 0 Å². The molecule has 0 bridgehead atoms. The molecule has 2 aromatic heterocycles. The van der Waals surface area contributed by atoms with Crippen molar-refractivity contribution < 1.29 is 5.11 Å². The number of nitrogens with zero attached hydrogens (tertiary/aromatic N) is 6. The monoisotopic (exact) mass is 283 g/mol. The van der Waals surface area contributed by atoms with Gasteiger partial charge in [-0.25, -0.2) is 4.98 Å². The second-order valence-electron chi connectivity index (χ2n) is 4.07. The van der Waals surface area contributed by atoms with Crippen molar-refractivity contribution in [2.75, 3.05) is 18.5 Å². The Hall–Kier alpha value is -1.80. The Morgan fingerprint density at radius 1 is 1.42 bits per heavy atom. The lowest BCUT2D eigenvalue weighted by Crippen LogP contribution is -2.16. The van der Waals surface area contributed by atoms with Gasteiger partial charge in [-0.1, -0.05) is 6.92 Å². The van der Waals surface area contributed by atoms with Gasteiger partial charge in [-0.05, 0) is 23.9 Å². The Balaban J connectivity index is 2.09. The summed E-state index contributed by atoms with van der Waals surface area (Å²) in [5, 5.41) is 15.9. The van der Waals surface area contributed by atoms with Gasteiger partial charge < -0.3 is 10.4 Å². The van der Waals surface area contributed by atoms with Gasteiger partial charge in [0.25, 0.3) is 5.95 Å². The molecule has 0 saturated carbocycles. The molecule has 1 atom stereocenters. The molecule has 0 aliphatic rings. The molecular formula is C10H14ClN7O. The molecule has 1 unspecified atom stereocenters. The summed E-state index contributed by atoms with van der Waals surface area (Å²) >= 11 is 5.84. The van der Waals surface area contributed by atoms with E-state index in [0.29, 0.717) is 30.8 Å². The van der Waals surface area contributed by atoms with Crippen molar-refractivity contribution in [2.24, 2.45) is 5.92 Å². The molecule has 19 heavy (non-hydrogen) atoms. The van der Waals surface area contributed by atoms with Crippen LogP contribution in [0.25, 0.3) is 5.95 Å². The van der Waals surface area contributed by atoms with E-state index in [1.54, 1.807) is 0 Å². The van der Waals surface area contributed by atoms with Crippen molar-refractivity contribution in [3.8, 4) is 5.95 Å². The minimum absolute atomic E-state index is 0.0813. The number of aliphatic hydroxyl groups is 1. The Morgan fingerprint density at radius 2 is 2.26 bits per heavy atom. The lowest BCUT2D eigenvalue weighted by Gasteiger charge is -2.11. The van der Waals surface area contributed by atoms with Gasteiger partial charge in [0, 0.05) is 13.2 Å². The first-order chi connectivity index (χ1) is 9.19. The summed E-state index contributed by atoms with van der Waals surface area (Å²) < 4.78 is 1.40. The van der Waals surface area contributed by atoms with Crippen LogP contribution in [0, 0.1) is 5.92 Å². The van der Waals surface area contributed by atoms with E-state index in [4.69, 9.17) is 16.7 Å². The number of anilines is 1. The first-order valence-corrected chi connectivity index (χ1v) is 6.18. The maximum absolute atomic E-state index is 8.84. The van der Waals surface area contributed by atoms with Crippen molar-refractivity contribution in [1.29, 1.82) is 0 Å². The van der Waals surface area contributed by atoms with E-state index in [0.717, 1.165) is 0 Å². The smallest absolute Gasteiger partial charge is 0.258 e. The minimum atomic E-state index is 0.0813. The molecule has 102 valence electrons. The summed E-state index contributed by atoms with van der Waals surface area (Å²) in [6.45, 7) is 2.81. The van der Waals surface area contributed by atoms with Crippen LogP contribution in [0.1, 0.15) is 13.3 Å². The zero-order valence-electron chi connectivity index (χ0n) is 10.4. The van der Waals surface area contributed by atoms with E-state index in [1.807, 2.05) is 6.92 Å². The van der Waals surface area contributed by atoms with E-state index in [9.17, 15) is 0 Å². The molecule has 0 fully saturated rings. The van der Waals surface area contributed by atoms with E-state index >= 15 is 0 Å². The molecular weight excluding hydrogens is 270 g/mol. The SMILES string of the molecule is CC(CCO)CNc1nc(Cl)nc(-n2cncn2)n1. The van der Waals surface area contributed by atoms with E-state index < -0.39 is 0 Å². The fourth-order valence-electron chi connectivity index (χ4n) is 1.42. The molecule has 0 spiro atoms. The highest BCUT2D eigenvalue weighted by Gasteiger charge is 2.08. The van der Waals surface area contributed by atoms with Crippen molar-refractivity contribution in [3.63, 3.8) is 0 Å². The highest BCUT2D eigenvalue weighted by atomic mass is 35.5. The Labute approximate surface area is 114 Å². The molecule has 8 nitrogen and oxygen atoms in total. The van der Waals surface area contributed by atoms with Crippen molar-refractivity contribution >= 4 is 17.5 Å². The van der Waals surface area contributed by atoms with Crippen LogP contribution in [0.3, 0.4) is 0 Å². The maximum Gasteiger partial charge on any atom is 0.258 e. The van der Waals surface area contributed by atoms with Crippen molar-refractivity contribution in [2.45, 2.75) is 13.3 Å². The first-order valence-electron chi connectivity index (χ1n) is 5.80. The van der Waals surface area contributed by atoms with Crippen LogP contribution in [0.4, 0.5) is 5.95 Å². The van der Waals surface area contributed by atoms with Crippen LogP contribution >= 0.6 is 11.6 Å². The molecule has 0 saturated heterocycles. The van der Waals surface area contributed by atoms with Crippen LogP contribution < -0.4 is 5.32 Å². The van der Waals surface area contributed by atoms with E-state index in [2.05, 4.69) is 30.4 Å². The maximum atomic E-state index is 8.84. The quantitative estimate of drug-likeness (QED) is 0.797. The number of halogens is 1. The molecule has 2 aromatic rings. The highest BCUT2D eigenvalue weighted by molar-refractivity contribution is 6.28. The van der Waals surface area contributed by atoms with Gasteiger partial charge in [-0.2, -0.15) is 24.7 Å². The number of aromatic nitrogens is 6. The molecule has 2 N–H and O–H groups in total. The number of hydrogen-bond acceptors (Lipinski definition) is 7. The number of rotatable bonds is 6. The summed E-state index contributed by atoms with van der Waals surface area (Å²) in [6, 6.07) is 0. The van der Waals surface area contributed by atoms with Crippen molar-refractivity contribution in [1.82, 2.24) is 29.7 Å². The summed E-state index contributed by atoms with van der Waals surface area (Å²) in [4.78, 5) is 16.0. The Bertz CT molecular complexity index is 519.